The summed E-state index contributed by atoms with van der Waals surface area (Å²) in [5.41, 5.74) is 1.69. The molecular weight excluding hydrogens is 457 g/mol. The van der Waals surface area contributed by atoms with Crippen LogP contribution in [0.1, 0.15) is 22.3 Å². The van der Waals surface area contributed by atoms with Crippen LogP contribution in [0.2, 0.25) is 10.0 Å². The van der Waals surface area contributed by atoms with E-state index >= 15 is 0 Å². The van der Waals surface area contributed by atoms with E-state index in [4.69, 9.17) is 27.9 Å². The first-order valence-electron chi connectivity index (χ1n) is 9.54. The predicted molar refractivity (Wildman–Crippen MR) is 124 cm³/mol. The lowest BCUT2D eigenvalue weighted by atomic mass is 10.1. The minimum atomic E-state index is -4.00. The summed E-state index contributed by atoms with van der Waals surface area (Å²) in [6.07, 6.45) is 1.44. The normalized spacial score (nSPS) is 11.2. The Morgan fingerprint density at radius 3 is 2.32 bits per heavy atom. The molecule has 0 aromatic heterocycles. The molecule has 0 saturated heterocycles. The lowest BCUT2D eigenvalue weighted by molar-refractivity contribution is 0.0500. The van der Waals surface area contributed by atoms with E-state index in [2.05, 4.69) is 0 Å². The van der Waals surface area contributed by atoms with E-state index in [1.54, 1.807) is 24.3 Å². The second-order valence-electron chi connectivity index (χ2n) is 6.82. The average molecular weight is 478 g/mol. The summed E-state index contributed by atoms with van der Waals surface area (Å²) in [7, 11) is -2.60. The van der Waals surface area contributed by atoms with Gasteiger partial charge in [-0.2, -0.15) is 0 Å². The summed E-state index contributed by atoms with van der Waals surface area (Å²) >= 11 is 12.0. The summed E-state index contributed by atoms with van der Waals surface area (Å²) in [5, 5.41) is 0.506. The van der Waals surface area contributed by atoms with Gasteiger partial charge in [0.25, 0.3) is 10.0 Å². The zero-order chi connectivity index (χ0) is 22.4. The van der Waals surface area contributed by atoms with Crippen molar-refractivity contribution >= 4 is 44.9 Å². The van der Waals surface area contributed by atoms with Crippen LogP contribution < -0.4 is 4.31 Å². The molecule has 0 unspecified atom stereocenters. The number of esters is 1. The molecule has 162 valence electrons. The van der Waals surface area contributed by atoms with Gasteiger partial charge in [0.15, 0.2) is 0 Å². The third-order valence-electron chi connectivity index (χ3n) is 4.68. The summed E-state index contributed by atoms with van der Waals surface area (Å²) in [6.45, 7) is 0.225. The van der Waals surface area contributed by atoms with E-state index in [9.17, 15) is 13.2 Å². The highest BCUT2D eigenvalue weighted by Crippen LogP contribution is 2.29. The second kappa shape index (κ2) is 10.2. The minimum absolute atomic E-state index is 0.0152. The van der Waals surface area contributed by atoms with Gasteiger partial charge >= 0.3 is 5.97 Å². The number of carbonyl (C=O) groups is 1. The zero-order valence-electron chi connectivity index (χ0n) is 16.8. The number of anilines is 1. The fourth-order valence-corrected chi connectivity index (χ4v) is 4.76. The molecule has 0 saturated carbocycles. The molecule has 5 nitrogen and oxygen atoms in total. The van der Waals surface area contributed by atoms with E-state index in [0.717, 1.165) is 16.3 Å². The molecule has 31 heavy (non-hydrogen) atoms. The first kappa shape index (κ1) is 23.1. The van der Waals surface area contributed by atoms with Gasteiger partial charge in [0, 0.05) is 12.1 Å². The molecule has 0 bridgehead atoms. The summed E-state index contributed by atoms with van der Waals surface area (Å²) in [4.78, 5) is 12.3. The van der Waals surface area contributed by atoms with Crippen molar-refractivity contribution in [3.63, 3.8) is 0 Å². The molecule has 0 aliphatic carbocycles. The molecule has 0 N–H and O–H groups in total. The maximum Gasteiger partial charge on any atom is 0.338 e. The zero-order valence-corrected chi connectivity index (χ0v) is 19.1. The fourth-order valence-electron chi connectivity index (χ4n) is 2.93. The fraction of sp³-hybridized carbons (Fsp3) is 0.174. The molecule has 0 radical (unpaired) electrons. The van der Waals surface area contributed by atoms with Crippen molar-refractivity contribution in [3.8, 4) is 0 Å². The smallest absolute Gasteiger partial charge is 0.338 e. The third kappa shape index (κ3) is 5.79. The SMILES string of the molecule is CN(c1ccc(Cl)cc1)S(=O)(=O)c1cc(C(=O)OCCCc2ccccc2)ccc1Cl. The molecule has 0 aliphatic rings. The molecule has 0 heterocycles. The van der Waals surface area contributed by atoms with E-state index in [1.165, 1.54) is 25.2 Å². The van der Waals surface area contributed by atoms with Crippen molar-refractivity contribution in [2.45, 2.75) is 17.7 Å². The maximum atomic E-state index is 13.1. The van der Waals surface area contributed by atoms with Crippen molar-refractivity contribution in [2.24, 2.45) is 0 Å². The topological polar surface area (TPSA) is 63.7 Å². The van der Waals surface area contributed by atoms with Crippen LogP contribution in [0.25, 0.3) is 0 Å². The molecular formula is C23H21Cl2NO4S. The van der Waals surface area contributed by atoms with Gasteiger partial charge in [-0.25, -0.2) is 13.2 Å². The molecule has 0 aliphatic heterocycles. The van der Waals surface area contributed by atoms with Gasteiger partial charge in [-0.3, -0.25) is 4.31 Å². The van der Waals surface area contributed by atoms with Gasteiger partial charge in [-0.15, -0.1) is 0 Å². The quantitative estimate of drug-likeness (QED) is 0.312. The molecule has 3 aromatic rings. The Morgan fingerprint density at radius 2 is 1.65 bits per heavy atom. The lowest BCUT2D eigenvalue weighted by Crippen LogP contribution is -2.27. The van der Waals surface area contributed by atoms with Gasteiger partial charge < -0.3 is 4.74 Å². The number of aryl methyl sites for hydroxylation is 1. The molecule has 0 fully saturated rings. The van der Waals surface area contributed by atoms with Crippen molar-refractivity contribution in [1.82, 2.24) is 0 Å². The van der Waals surface area contributed by atoms with Crippen LogP contribution in [-0.2, 0) is 21.2 Å². The van der Waals surface area contributed by atoms with E-state index in [-0.39, 0.29) is 22.1 Å². The standard InChI is InChI=1S/C23H21Cl2NO4S/c1-26(20-12-10-19(24)11-13-20)31(28,29)22-16-18(9-14-21(22)25)23(27)30-15-5-8-17-6-3-2-4-7-17/h2-4,6-7,9-14,16H,5,8,15H2,1H3. The largest absolute Gasteiger partial charge is 0.462 e. The first-order chi connectivity index (χ1) is 14.8. The number of ether oxygens (including phenoxy) is 1. The number of halogens is 2. The highest BCUT2D eigenvalue weighted by atomic mass is 35.5. The molecule has 3 rings (SSSR count). The van der Waals surface area contributed by atoms with E-state index < -0.39 is 16.0 Å². The van der Waals surface area contributed by atoms with Crippen LogP contribution in [0.5, 0.6) is 0 Å². The van der Waals surface area contributed by atoms with Crippen LogP contribution in [0.3, 0.4) is 0 Å². The third-order valence-corrected chi connectivity index (χ3v) is 7.20. The second-order valence-corrected chi connectivity index (χ2v) is 9.60. The number of sulfonamides is 1. The highest BCUT2D eigenvalue weighted by molar-refractivity contribution is 7.93. The summed E-state index contributed by atoms with van der Waals surface area (Å²) < 4.78 is 32.6. The van der Waals surface area contributed by atoms with Crippen LogP contribution in [0, 0.1) is 0 Å². The Hall–Kier alpha value is -2.54. The van der Waals surface area contributed by atoms with E-state index in [0.29, 0.717) is 17.1 Å². The highest BCUT2D eigenvalue weighted by Gasteiger charge is 2.25. The van der Waals surface area contributed by atoms with Gasteiger partial charge in [0.05, 0.1) is 22.9 Å². The summed E-state index contributed by atoms with van der Waals surface area (Å²) in [5.74, 6) is -0.602. The molecule has 0 amide bonds. The number of nitrogens with zero attached hydrogens (tertiary/aromatic N) is 1. The van der Waals surface area contributed by atoms with Crippen LogP contribution in [0.4, 0.5) is 5.69 Å². The Balaban J connectivity index is 1.71. The number of rotatable bonds is 8. The molecule has 0 atom stereocenters. The van der Waals surface area contributed by atoms with Crippen molar-refractivity contribution in [3.05, 3.63) is 94.0 Å². The minimum Gasteiger partial charge on any atom is -0.462 e. The number of benzene rings is 3. The van der Waals surface area contributed by atoms with Gasteiger partial charge in [-0.1, -0.05) is 53.5 Å². The van der Waals surface area contributed by atoms with Crippen molar-refractivity contribution < 1.29 is 17.9 Å². The van der Waals surface area contributed by atoms with Gasteiger partial charge in [-0.05, 0) is 60.9 Å². The van der Waals surface area contributed by atoms with Crippen molar-refractivity contribution in [2.75, 3.05) is 18.0 Å². The Labute approximate surface area is 192 Å². The average Bonchev–Trinajstić information content (AvgIpc) is 2.77. The number of carbonyl (C=O) groups excluding carboxylic acids is 1. The first-order valence-corrected chi connectivity index (χ1v) is 11.7. The molecule has 0 spiro atoms. The Morgan fingerprint density at radius 1 is 0.968 bits per heavy atom. The Bertz CT molecular complexity index is 1150. The van der Waals surface area contributed by atoms with Crippen LogP contribution in [0.15, 0.2) is 77.7 Å². The van der Waals surface area contributed by atoms with E-state index in [1.807, 2.05) is 30.3 Å². The maximum absolute atomic E-state index is 13.1. The van der Waals surface area contributed by atoms with Crippen LogP contribution in [-0.4, -0.2) is 28.0 Å². The predicted octanol–water partition coefficient (Wildman–Crippen LogP) is 5.61. The molecule has 3 aromatic carbocycles. The lowest BCUT2D eigenvalue weighted by Gasteiger charge is -2.20. The summed E-state index contributed by atoms with van der Waals surface area (Å²) in [6, 6.07) is 20.3. The molecule has 8 heteroatoms. The monoisotopic (exact) mass is 477 g/mol. The van der Waals surface area contributed by atoms with Crippen molar-refractivity contribution in [1.29, 1.82) is 0 Å². The number of hydrogen-bond donors (Lipinski definition) is 0. The Kier molecular flexibility index (Phi) is 7.59. The van der Waals surface area contributed by atoms with Gasteiger partial charge in [0.2, 0.25) is 0 Å². The van der Waals surface area contributed by atoms with Crippen LogP contribution >= 0.6 is 23.2 Å². The number of hydrogen-bond acceptors (Lipinski definition) is 4. The van der Waals surface area contributed by atoms with Gasteiger partial charge in [0.1, 0.15) is 4.90 Å².